The van der Waals surface area contributed by atoms with Gasteiger partial charge in [-0.1, -0.05) is 19.1 Å². The maximum absolute atomic E-state index is 12.5. The molecule has 2 aromatic carbocycles. The van der Waals surface area contributed by atoms with E-state index in [0.29, 0.717) is 48.9 Å². The number of hydrogen-bond acceptors (Lipinski definition) is 4. The Balaban J connectivity index is 1.99. The molecule has 27 heavy (non-hydrogen) atoms. The lowest BCUT2D eigenvalue weighted by Crippen LogP contribution is -2.24. The van der Waals surface area contributed by atoms with E-state index < -0.39 is 0 Å². The number of nitrogens with one attached hydrogen (secondary N) is 2. The summed E-state index contributed by atoms with van der Waals surface area (Å²) in [5, 5.41) is 5.63. The summed E-state index contributed by atoms with van der Waals surface area (Å²) in [5.41, 5.74) is 1.55. The third-order valence-electron chi connectivity index (χ3n) is 3.71. The smallest absolute Gasteiger partial charge is 0.255 e. The third-order valence-corrected chi connectivity index (χ3v) is 3.71. The fourth-order valence-electron chi connectivity index (χ4n) is 2.37. The average Bonchev–Trinajstić information content (AvgIpc) is 2.70. The van der Waals surface area contributed by atoms with Crippen molar-refractivity contribution in [3.63, 3.8) is 0 Å². The Morgan fingerprint density at radius 1 is 0.926 bits per heavy atom. The van der Waals surface area contributed by atoms with Crippen LogP contribution in [-0.4, -0.2) is 38.2 Å². The molecule has 0 bridgehead atoms. The molecule has 0 aliphatic heterocycles. The lowest BCUT2D eigenvalue weighted by Gasteiger charge is -2.10. The van der Waals surface area contributed by atoms with E-state index in [1.165, 1.54) is 0 Å². The van der Waals surface area contributed by atoms with Gasteiger partial charge in [0.25, 0.3) is 11.8 Å². The van der Waals surface area contributed by atoms with Gasteiger partial charge in [0.1, 0.15) is 12.4 Å². The summed E-state index contributed by atoms with van der Waals surface area (Å²) in [6.07, 6.45) is 0.866. The van der Waals surface area contributed by atoms with Crippen molar-refractivity contribution in [2.24, 2.45) is 0 Å². The summed E-state index contributed by atoms with van der Waals surface area (Å²) < 4.78 is 10.8. The molecule has 144 valence electrons. The van der Waals surface area contributed by atoms with Crippen LogP contribution in [0.3, 0.4) is 0 Å². The summed E-state index contributed by atoms with van der Waals surface area (Å²) in [4.78, 5) is 24.6. The van der Waals surface area contributed by atoms with Crippen molar-refractivity contribution in [2.75, 3.05) is 31.7 Å². The number of rotatable bonds is 10. The molecule has 2 rings (SSSR count). The number of benzene rings is 2. The molecule has 0 spiro atoms. The number of amides is 2. The monoisotopic (exact) mass is 370 g/mol. The quantitative estimate of drug-likeness (QED) is 0.628. The molecule has 0 atom stereocenters. The second-order valence-corrected chi connectivity index (χ2v) is 5.86. The van der Waals surface area contributed by atoms with Crippen LogP contribution in [0.1, 0.15) is 41.0 Å². The predicted molar refractivity (Wildman–Crippen MR) is 105 cm³/mol. The minimum Gasteiger partial charge on any atom is -0.491 e. The maximum atomic E-state index is 12.5. The molecule has 0 saturated carbocycles. The number of ether oxygens (including phenoxy) is 2. The van der Waals surface area contributed by atoms with Crippen LogP contribution in [0.25, 0.3) is 0 Å². The van der Waals surface area contributed by atoms with Gasteiger partial charge in [0.05, 0.1) is 6.61 Å². The van der Waals surface area contributed by atoms with Gasteiger partial charge < -0.3 is 20.1 Å². The van der Waals surface area contributed by atoms with Gasteiger partial charge in [-0.05, 0) is 49.7 Å². The fraction of sp³-hybridized carbons (Fsp3) is 0.333. The Morgan fingerprint density at radius 3 is 2.41 bits per heavy atom. The molecule has 0 unspecified atom stereocenters. The van der Waals surface area contributed by atoms with E-state index in [1.54, 1.807) is 48.5 Å². The molecule has 6 nitrogen and oxygen atoms in total. The van der Waals surface area contributed by atoms with Crippen LogP contribution in [0.4, 0.5) is 5.69 Å². The van der Waals surface area contributed by atoms with Crippen molar-refractivity contribution in [1.29, 1.82) is 0 Å². The zero-order valence-corrected chi connectivity index (χ0v) is 15.8. The molecule has 0 aromatic heterocycles. The Bertz CT molecular complexity index is 761. The van der Waals surface area contributed by atoms with Crippen LogP contribution in [0.2, 0.25) is 0 Å². The Hall–Kier alpha value is -2.86. The standard InChI is InChI=1S/C21H26N2O4/c1-3-11-22-20(24)16-7-5-9-18(14-16)23-21(25)17-8-6-10-19(15-17)27-13-12-26-4-2/h5-10,14-15H,3-4,11-13H2,1-2H3,(H,22,24)(H,23,25). The topological polar surface area (TPSA) is 76.7 Å². The molecule has 2 N–H and O–H groups in total. The Morgan fingerprint density at radius 2 is 1.67 bits per heavy atom. The highest BCUT2D eigenvalue weighted by Gasteiger charge is 2.10. The average molecular weight is 370 g/mol. The zero-order valence-electron chi connectivity index (χ0n) is 15.8. The lowest BCUT2D eigenvalue weighted by molar-refractivity contribution is 0.0952. The molecule has 2 amide bonds. The van der Waals surface area contributed by atoms with Gasteiger partial charge in [-0.25, -0.2) is 0 Å². The second kappa shape index (κ2) is 11.0. The summed E-state index contributed by atoms with van der Waals surface area (Å²) in [5.74, 6) is 0.184. The van der Waals surface area contributed by atoms with Gasteiger partial charge in [-0.3, -0.25) is 9.59 Å². The molecule has 6 heteroatoms. The first-order chi connectivity index (χ1) is 13.1. The van der Waals surface area contributed by atoms with Crippen molar-refractivity contribution in [2.45, 2.75) is 20.3 Å². The van der Waals surface area contributed by atoms with Crippen molar-refractivity contribution in [1.82, 2.24) is 5.32 Å². The largest absolute Gasteiger partial charge is 0.491 e. The van der Waals surface area contributed by atoms with Crippen molar-refractivity contribution in [3.05, 3.63) is 59.7 Å². The van der Waals surface area contributed by atoms with Crippen molar-refractivity contribution >= 4 is 17.5 Å². The molecular formula is C21H26N2O4. The molecule has 0 aliphatic rings. The Kier molecular flexibility index (Phi) is 8.32. The van der Waals surface area contributed by atoms with E-state index in [2.05, 4.69) is 10.6 Å². The number of carbonyl (C=O) groups is 2. The van der Waals surface area contributed by atoms with E-state index in [4.69, 9.17) is 9.47 Å². The normalized spacial score (nSPS) is 10.3. The second-order valence-electron chi connectivity index (χ2n) is 5.86. The van der Waals surface area contributed by atoms with Gasteiger partial charge in [-0.2, -0.15) is 0 Å². The molecule has 0 saturated heterocycles. The van der Waals surface area contributed by atoms with Crippen LogP contribution in [0.15, 0.2) is 48.5 Å². The van der Waals surface area contributed by atoms with Crippen LogP contribution >= 0.6 is 0 Å². The minimum absolute atomic E-state index is 0.155. The van der Waals surface area contributed by atoms with Crippen molar-refractivity contribution < 1.29 is 19.1 Å². The van der Waals surface area contributed by atoms with Gasteiger partial charge in [0.2, 0.25) is 0 Å². The van der Waals surface area contributed by atoms with Crippen molar-refractivity contribution in [3.8, 4) is 5.75 Å². The highest BCUT2D eigenvalue weighted by molar-refractivity contribution is 6.05. The van der Waals surface area contributed by atoms with E-state index in [1.807, 2.05) is 13.8 Å². The zero-order chi connectivity index (χ0) is 19.5. The van der Waals surface area contributed by atoms with Crippen LogP contribution < -0.4 is 15.4 Å². The van der Waals surface area contributed by atoms with Gasteiger partial charge in [-0.15, -0.1) is 0 Å². The fourth-order valence-corrected chi connectivity index (χ4v) is 2.37. The lowest BCUT2D eigenvalue weighted by atomic mass is 10.1. The number of anilines is 1. The molecular weight excluding hydrogens is 344 g/mol. The Labute approximate surface area is 159 Å². The van der Waals surface area contributed by atoms with E-state index in [9.17, 15) is 9.59 Å². The van der Waals surface area contributed by atoms with E-state index >= 15 is 0 Å². The van der Waals surface area contributed by atoms with Gasteiger partial charge in [0.15, 0.2) is 0 Å². The summed E-state index contributed by atoms with van der Waals surface area (Å²) in [6, 6.07) is 13.8. The maximum Gasteiger partial charge on any atom is 0.255 e. The molecule has 0 radical (unpaired) electrons. The van der Waals surface area contributed by atoms with E-state index in [0.717, 1.165) is 6.42 Å². The minimum atomic E-state index is -0.267. The first kappa shape index (κ1) is 20.5. The molecule has 2 aromatic rings. The highest BCUT2D eigenvalue weighted by atomic mass is 16.5. The SMILES string of the molecule is CCCNC(=O)c1cccc(NC(=O)c2cccc(OCCOCC)c2)c1. The van der Waals surface area contributed by atoms with Crippen LogP contribution in [-0.2, 0) is 4.74 Å². The number of carbonyl (C=O) groups excluding carboxylic acids is 2. The first-order valence-corrected chi connectivity index (χ1v) is 9.14. The summed E-state index contributed by atoms with van der Waals surface area (Å²) >= 11 is 0. The summed E-state index contributed by atoms with van der Waals surface area (Å²) in [7, 11) is 0. The van der Waals surface area contributed by atoms with Gasteiger partial charge >= 0.3 is 0 Å². The van der Waals surface area contributed by atoms with Crippen LogP contribution in [0, 0.1) is 0 Å². The van der Waals surface area contributed by atoms with Gasteiger partial charge in [0, 0.05) is 30.0 Å². The highest BCUT2D eigenvalue weighted by Crippen LogP contribution is 2.16. The predicted octanol–water partition coefficient (Wildman–Crippen LogP) is 3.49. The third kappa shape index (κ3) is 6.75. The van der Waals surface area contributed by atoms with Crippen LogP contribution in [0.5, 0.6) is 5.75 Å². The molecule has 0 aliphatic carbocycles. The molecule has 0 fully saturated rings. The number of hydrogen-bond donors (Lipinski definition) is 2. The first-order valence-electron chi connectivity index (χ1n) is 9.14. The molecule has 0 heterocycles. The van der Waals surface area contributed by atoms with E-state index in [-0.39, 0.29) is 11.8 Å². The summed E-state index contributed by atoms with van der Waals surface area (Å²) in [6.45, 7) is 6.10.